The molecule has 0 fully saturated rings. The number of alkyl halides is 3. The molecule has 9 heteroatoms. The largest absolute Gasteiger partial charge is 0.573 e. The Morgan fingerprint density at radius 3 is 2.35 bits per heavy atom. The Balaban J connectivity index is 1.81. The average molecular weight is 363 g/mol. The number of aryl methyl sites for hydroxylation is 2. The van der Waals surface area contributed by atoms with E-state index in [0.29, 0.717) is 17.2 Å². The summed E-state index contributed by atoms with van der Waals surface area (Å²) in [6, 6.07) is 5.39. The van der Waals surface area contributed by atoms with E-state index in [0.717, 1.165) is 17.0 Å². The van der Waals surface area contributed by atoms with Crippen LogP contribution in [-0.2, 0) is 7.05 Å². The quantitative estimate of drug-likeness (QED) is 0.755. The summed E-state index contributed by atoms with van der Waals surface area (Å²) in [5, 5.41) is 7.37. The van der Waals surface area contributed by atoms with Crippen LogP contribution in [0.2, 0.25) is 0 Å². The van der Waals surface area contributed by atoms with Crippen molar-refractivity contribution in [1.82, 2.24) is 19.7 Å². The van der Waals surface area contributed by atoms with Crippen LogP contribution in [0.25, 0.3) is 11.3 Å². The van der Waals surface area contributed by atoms with E-state index in [4.69, 9.17) is 0 Å². The lowest BCUT2D eigenvalue weighted by Gasteiger charge is -2.10. The highest BCUT2D eigenvalue weighted by Crippen LogP contribution is 2.27. The molecule has 0 aliphatic heterocycles. The van der Waals surface area contributed by atoms with Gasteiger partial charge in [-0.15, -0.1) is 13.2 Å². The van der Waals surface area contributed by atoms with Crippen LogP contribution in [0.1, 0.15) is 11.4 Å². The molecule has 0 aliphatic rings. The van der Waals surface area contributed by atoms with E-state index >= 15 is 0 Å². The van der Waals surface area contributed by atoms with Gasteiger partial charge >= 0.3 is 6.36 Å². The first kappa shape index (κ1) is 17.7. The first-order chi connectivity index (χ1) is 12.2. The summed E-state index contributed by atoms with van der Waals surface area (Å²) in [5.41, 5.74) is 3.92. The highest BCUT2D eigenvalue weighted by atomic mass is 19.4. The van der Waals surface area contributed by atoms with Gasteiger partial charge in [0.15, 0.2) is 0 Å². The molecular weight excluding hydrogens is 347 g/mol. The van der Waals surface area contributed by atoms with Crippen LogP contribution >= 0.6 is 0 Å². The molecule has 0 saturated carbocycles. The molecule has 0 aliphatic carbocycles. The van der Waals surface area contributed by atoms with Gasteiger partial charge in [-0.3, -0.25) is 9.67 Å². The van der Waals surface area contributed by atoms with Crippen LogP contribution in [0.3, 0.4) is 0 Å². The fourth-order valence-corrected chi connectivity index (χ4v) is 2.58. The van der Waals surface area contributed by atoms with Gasteiger partial charge < -0.3 is 10.1 Å². The van der Waals surface area contributed by atoms with E-state index in [1.807, 2.05) is 20.9 Å². The molecule has 1 N–H and O–H groups in total. The van der Waals surface area contributed by atoms with Crippen molar-refractivity contribution in [2.75, 3.05) is 5.32 Å². The van der Waals surface area contributed by atoms with E-state index in [1.165, 1.54) is 30.5 Å². The Bertz CT molecular complexity index is 919. The van der Waals surface area contributed by atoms with E-state index < -0.39 is 6.36 Å². The van der Waals surface area contributed by atoms with Crippen molar-refractivity contribution in [2.24, 2.45) is 7.05 Å². The number of anilines is 2. The van der Waals surface area contributed by atoms with E-state index in [-0.39, 0.29) is 5.75 Å². The van der Waals surface area contributed by atoms with Crippen molar-refractivity contribution >= 4 is 11.5 Å². The number of benzene rings is 1. The van der Waals surface area contributed by atoms with Crippen molar-refractivity contribution < 1.29 is 17.9 Å². The number of hydrogen-bond acceptors (Lipinski definition) is 5. The Morgan fingerprint density at radius 1 is 1.08 bits per heavy atom. The fourth-order valence-electron chi connectivity index (χ4n) is 2.58. The van der Waals surface area contributed by atoms with E-state index in [2.05, 4.69) is 25.1 Å². The number of aromatic nitrogens is 4. The normalized spacial score (nSPS) is 11.5. The number of ether oxygens (including phenoxy) is 1. The van der Waals surface area contributed by atoms with Crippen molar-refractivity contribution in [1.29, 1.82) is 0 Å². The molecule has 0 amide bonds. The molecule has 6 nitrogen and oxygen atoms in total. The van der Waals surface area contributed by atoms with Crippen LogP contribution < -0.4 is 10.1 Å². The Kier molecular flexibility index (Phi) is 4.54. The van der Waals surface area contributed by atoms with Gasteiger partial charge in [-0.05, 0) is 38.1 Å². The van der Waals surface area contributed by atoms with Gasteiger partial charge in [0.1, 0.15) is 11.6 Å². The van der Waals surface area contributed by atoms with Crippen molar-refractivity contribution in [3.8, 4) is 17.0 Å². The predicted octanol–water partition coefficient (Wildman–Crippen LogP) is 4.14. The minimum Gasteiger partial charge on any atom is -0.406 e. The predicted molar refractivity (Wildman–Crippen MR) is 90.1 cm³/mol. The molecule has 2 heterocycles. The first-order valence-corrected chi connectivity index (χ1v) is 7.68. The SMILES string of the molecule is Cc1nn(C)c(C)c1-c1cncc(Nc2ccc(OC(F)(F)F)cc2)n1. The van der Waals surface area contributed by atoms with Gasteiger partial charge in [-0.1, -0.05) is 0 Å². The lowest BCUT2D eigenvalue weighted by atomic mass is 10.1. The van der Waals surface area contributed by atoms with Crippen molar-refractivity contribution in [3.63, 3.8) is 0 Å². The number of hydrogen-bond donors (Lipinski definition) is 1. The molecule has 0 bridgehead atoms. The highest BCUT2D eigenvalue weighted by Gasteiger charge is 2.30. The number of halogens is 3. The molecule has 0 unspecified atom stereocenters. The third kappa shape index (κ3) is 3.93. The molecule has 0 spiro atoms. The lowest BCUT2D eigenvalue weighted by molar-refractivity contribution is -0.274. The molecular formula is C17H16F3N5O. The molecule has 2 aromatic heterocycles. The fraction of sp³-hybridized carbons (Fsp3) is 0.235. The summed E-state index contributed by atoms with van der Waals surface area (Å²) >= 11 is 0. The van der Waals surface area contributed by atoms with E-state index in [9.17, 15) is 13.2 Å². The number of nitrogens with one attached hydrogen (secondary N) is 1. The molecule has 136 valence electrons. The minimum absolute atomic E-state index is 0.288. The van der Waals surface area contributed by atoms with Gasteiger partial charge in [0.25, 0.3) is 0 Å². The second-order valence-electron chi connectivity index (χ2n) is 5.66. The molecule has 0 atom stereocenters. The second-order valence-corrected chi connectivity index (χ2v) is 5.66. The summed E-state index contributed by atoms with van der Waals surface area (Å²) in [6.07, 6.45) is -1.54. The molecule has 26 heavy (non-hydrogen) atoms. The molecule has 3 rings (SSSR count). The molecule has 3 aromatic rings. The Hall–Kier alpha value is -3.10. The topological polar surface area (TPSA) is 64.9 Å². The Morgan fingerprint density at radius 2 is 1.77 bits per heavy atom. The summed E-state index contributed by atoms with van der Waals surface area (Å²) in [7, 11) is 1.85. The van der Waals surface area contributed by atoms with Crippen LogP contribution in [-0.4, -0.2) is 26.1 Å². The van der Waals surface area contributed by atoms with Crippen LogP contribution in [0.15, 0.2) is 36.7 Å². The van der Waals surface area contributed by atoms with Crippen LogP contribution in [0.5, 0.6) is 5.75 Å². The number of nitrogens with zero attached hydrogens (tertiary/aromatic N) is 4. The van der Waals surface area contributed by atoms with Gasteiger partial charge in [-0.25, -0.2) is 4.98 Å². The standard InChI is InChI=1S/C17H16F3N5O/c1-10-16(11(2)25(3)24-10)14-8-21-9-15(23-14)22-12-4-6-13(7-5-12)26-17(18,19)20/h4-9H,1-3H3,(H,22,23). The molecule has 0 radical (unpaired) electrons. The van der Waals surface area contributed by atoms with Gasteiger partial charge in [-0.2, -0.15) is 5.10 Å². The van der Waals surface area contributed by atoms with E-state index in [1.54, 1.807) is 10.9 Å². The van der Waals surface area contributed by atoms with Crippen molar-refractivity contribution in [2.45, 2.75) is 20.2 Å². The van der Waals surface area contributed by atoms with Gasteiger partial charge in [0, 0.05) is 24.0 Å². The Labute approximate surface area is 147 Å². The third-order valence-corrected chi connectivity index (χ3v) is 3.76. The maximum atomic E-state index is 12.2. The minimum atomic E-state index is -4.71. The summed E-state index contributed by atoms with van der Waals surface area (Å²) < 4.78 is 42.2. The average Bonchev–Trinajstić information content (AvgIpc) is 2.81. The monoisotopic (exact) mass is 363 g/mol. The summed E-state index contributed by atoms with van der Waals surface area (Å²) in [4.78, 5) is 8.70. The zero-order chi connectivity index (χ0) is 18.9. The maximum absolute atomic E-state index is 12.2. The first-order valence-electron chi connectivity index (χ1n) is 7.68. The third-order valence-electron chi connectivity index (χ3n) is 3.76. The lowest BCUT2D eigenvalue weighted by Crippen LogP contribution is -2.16. The zero-order valence-corrected chi connectivity index (χ0v) is 14.3. The zero-order valence-electron chi connectivity index (χ0n) is 14.3. The number of rotatable bonds is 4. The van der Waals surface area contributed by atoms with Crippen LogP contribution in [0.4, 0.5) is 24.7 Å². The summed E-state index contributed by atoms with van der Waals surface area (Å²) in [6.45, 7) is 3.83. The smallest absolute Gasteiger partial charge is 0.406 e. The van der Waals surface area contributed by atoms with Crippen LogP contribution in [0, 0.1) is 13.8 Å². The highest BCUT2D eigenvalue weighted by molar-refractivity contribution is 5.66. The van der Waals surface area contributed by atoms with Gasteiger partial charge in [0.05, 0.1) is 23.8 Å². The second kappa shape index (κ2) is 6.66. The molecule has 1 aromatic carbocycles. The van der Waals surface area contributed by atoms with Crippen molar-refractivity contribution in [3.05, 3.63) is 48.0 Å². The van der Waals surface area contributed by atoms with Gasteiger partial charge in [0.2, 0.25) is 0 Å². The summed E-state index contributed by atoms with van der Waals surface area (Å²) in [5.74, 6) is 0.180. The molecule has 0 saturated heterocycles. The maximum Gasteiger partial charge on any atom is 0.573 e.